The van der Waals surface area contributed by atoms with Crippen LogP contribution in [0.1, 0.15) is 22.3 Å². The van der Waals surface area contributed by atoms with Gasteiger partial charge in [-0.05, 0) is 185 Å². The molecule has 69 heavy (non-hydrogen) atoms. The van der Waals surface area contributed by atoms with Crippen LogP contribution < -0.4 is 32.0 Å². The Labute approximate surface area is 413 Å². The summed E-state index contributed by atoms with van der Waals surface area (Å²) in [6, 6.07) is 77.4. The fraction of sp³-hybridized carbons (Fsp3) is 0.0656. The lowest BCUT2D eigenvalue weighted by Gasteiger charge is -2.07. The van der Waals surface area contributed by atoms with Gasteiger partial charge in [-0.1, -0.05) is 113 Å². The van der Waals surface area contributed by atoms with Crippen molar-refractivity contribution >= 4 is 74.7 Å². The molecule has 0 spiro atoms. The number of rotatable bonds is 13. The molecule has 0 saturated heterocycles. The number of nitrogens with zero attached hydrogens (tertiary/aromatic N) is 3. The fourth-order valence-electron chi connectivity index (χ4n) is 7.26. The second kappa shape index (κ2) is 22.3. The van der Waals surface area contributed by atoms with Crippen molar-refractivity contribution in [2.75, 3.05) is 16.0 Å². The molecule has 0 bridgehead atoms. The molecule has 0 fully saturated rings. The molecule has 338 valence electrons. The normalized spacial score (nSPS) is 11.9. The van der Waals surface area contributed by atoms with Gasteiger partial charge in [0.2, 0.25) is 0 Å². The van der Waals surface area contributed by atoms with Crippen molar-refractivity contribution in [3.63, 3.8) is 0 Å². The second-order valence-corrected chi connectivity index (χ2v) is 19.1. The van der Waals surface area contributed by atoms with E-state index in [4.69, 9.17) is 15.0 Å². The maximum Gasteiger partial charge on any atom is 0.0872 e. The number of aryl methyl sites for hydroxylation is 4. The summed E-state index contributed by atoms with van der Waals surface area (Å²) in [4.78, 5) is 19.6. The SMILES string of the molecule is Cc1ccc(N=c2ccc(Sc3ccc(N=c4cccccc4Nc4ccc(Sc5ccc(Nc6ccc(C)cc6)c(=Nc6ccc(C)cc6)cc5)cc4)cc3)ccc2Nc2ccc(C)cc2)cc1. The van der Waals surface area contributed by atoms with Crippen molar-refractivity contribution < 1.29 is 0 Å². The Morgan fingerprint density at radius 2 is 0.536 bits per heavy atom. The summed E-state index contributed by atoms with van der Waals surface area (Å²) >= 11 is 3.42. The molecular weight excluding hydrogens is 881 g/mol. The van der Waals surface area contributed by atoms with Crippen LogP contribution >= 0.6 is 23.5 Å². The Balaban J connectivity index is 0.905. The summed E-state index contributed by atoms with van der Waals surface area (Å²) in [5.41, 5.74) is 13.3. The molecule has 3 N–H and O–H groups in total. The molecule has 0 aliphatic heterocycles. The second-order valence-electron chi connectivity index (χ2n) is 16.8. The average Bonchev–Trinajstić information content (AvgIpc) is 3.78. The number of benzene rings is 6. The molecule has 0 unspecified atom stereocenters. The van der Waals surface area contributed by atoms with E-state index in [1.807, 2.05) is 24.3 Å². The number of hydrogen-bond acceptors (Lipinski definition) is 8. The molecule has 6 nitrogen and oxygen atoms in total. The van der Waals surface area contributed by atoms with Crippen LogP contribution in [0.4, 0.5) is 51.2 Å². The summed E-state index contributed by atoms with van der Waals surface area (Å²) in [6.07, 6.45) is 0. The third kappa shape index (κ3) is 13.2. The van der Waals surface area contributed by atoms with Gasteiger partial charge in [-0.3, -0.25) is 0 Å². The van der Waals surface area contributed by atoms with Crippen LogP contribution in [0, 0.1) is 27.7 Å². The first-order chi connectivity index (χ1) is 33.7. The van der Waals surface area contributed by atoms with Gasteiger partial charge in [-0.15, -0.1) is 0 Å². The van der Waals surface area contributed by atoms with Gasteiger partial charge < -0.3 is 16.0 Å². The van der Waals surface area contributed by atoms with Gasteiger partial charge in [0, 0.05) is 36.6 Å². The first-order valence-electron chi connectivity index (χ1n) is 22.9. The lowest BCUT2D eigenvalue weighted by atomic mass is 10.2. The van der Waals surface area contributed by atoms with E-state index >= 15 is 0 Å². The highest BCUT2D eigenvalue weighted by atomic mass is 32.2. The van der Waals surface area contributed by atoms with Gasteiger partial charge in [0.1, 0.15) is 0 Å². The van der Waals surface area contributed by atoms with Crippen LogP contribution in [0.25, 0.3) is 0 Å². The molecule has 9 aromatic carbocycles. The number of nitrogens with one attached hydrogen (secondary N) is 3. The van der Waals surface area contributed by atoms with Crippen LogP contribution in [0.5, 0.6) is 0 Å². The minimum absolute atomic E-state index is 0.839. The topological polar surface area (TPSA) is 73.2 Å². The van der Waals surface area contributed by atoms with Crippen LogP contribution in [-0.4, -0.2) is 0 Å². The van der Waals surface area contributed by atoms with Crippen molar-refractivity contribution in [2.24, 2.45) is 15.0 Å². The van der Waals surface area contributed by atoms with Crippen molar-refractivity contribution in [1.82, 2.24) is 0 Å². The molecule has 8 heteroatoms. The van der Waals surface area contributed by atoms with Gasteiger partial charge in [0.15, 0.2) is 0 Å². The number of hydrogen-bond donors (Lipinski definition) is 3. The van der Waals surface area contributed by atoms with E-state index < -0.39 is 0 Å². The third-order valence-electron chi connectivity index (χ3n) is 11.1. The lowest BCUT2D eigenvalue weighted by Crippen LogP contribution is -2.05. The van der Waals surface area contributed by atoms with Crippen LogP contribution in [-0.2, 0) is 0 Å². The highest BCUT2D eigenvalue weighted by molar-refractivity contribution is 7.99. The van der Waals surface area contributed by atoms with Gasteiger partial charge in [0.25, 0.3) is 0 Å². The van der Waals surface area contributed by atoms with E-state index in [-0.39, 0.29) is 0 Å². The molecular formula is C61H52N6S2. The molecule has 0 heterocycles. The molecule has 0 saturated carbocycles. The van der Waals surface area contributed by atoms with E-state index in [2.05, 4.69) is 244 Å². The van der Waals surface area contributed by atoms with E-state index in [0.29, 0.717) is 0 Å². The van der Waals surface area contributed by atoms with Crippen molar-refractivity contribution in [3.8, 4) is 0 Å². The molecule has 9 rings (SSSR count). The van der Waals surface area contributed by atoms with Gasteiger partial charge in [-0.2, -0.15) is 0 Å². The first kappa shape index (κ1) is 46.2. The monoisotopic (exact) mass is 932 g/mol. The Kier molecular flexibility index (Phi) is 14.9. The minimum Gasteiger partial charge on any atom is -0.354 e. The van der Waals surface area contributed by atoms with E-state index in [1.165, 1.54) is 22.3 Å². The maximum atomic E-state index is 5.09. The standard InChI is InChI=1S/C61H52N6S2/c1-42-10-18-46(19-11-42)64-58-38-34-54(35-39-59(58)65-47-20-12-43(2)13-21-47)68-52-30-26-50(27-31-52)62-56-8-6-5-7-9-57(56)63-51-28-32-53(33-29-51)69-55-36-40-60(66-48-22-14-44(3)15-23-48)61(41-37-55)67-49-24-16-45(4)17-25-49/h5-41H,1-4H3,(H,62,63)(H,64,65)(H,66,67). The Bertz CT molecular complexity index is 3410. The highest BCUT2D eigenvalue weighted by Gasteiger charge is 2.06. The van der Waals surface area contributed by atoms with Gasteiger partial charge in [0.05, 0.1) is 50.2 Å². The highest BCUT2D eigenvalue weighted by Crippen LogP contribution is 2.31. The summed E-state index contributed by atoms with van der Waals surface area (Å²) in [5, 5.41) is 13.4. The fourth-order valence-corrected chi connectivity index (χ4v) is 8.89. The zero-order valence-electron chi connectivity index (χ0n) is 39.0. The molecule has 0 amide bonds. The van der Waals surface area contributed by atoms with Crippen molar-refractivity contribution in [1.29, 1.82) is 0 Å². The molecule has 0 aliphatic rings. The Hall–Kier alpha value is -7.91. The van der Waals surface area contributed by atoms with E-state index in [0.717, 1.165) is 86.8 Å². The predicted octanol–water partition coefficient (Wildman–Crippen LogP) is 16.2. The molecule has 0 atom stereocenters. The smallest absolute Gasteiger partial charge is 0.0872 e. The van der Waals surface area contributed by atoms with Crippen molar-refractivity contribution in [2.45, 2.75) is 47.3 Å². The molecule has 0 aromatic heterocycles. The quantitative estimate of drug-likeness (QED) is 0.107. The molecule has 0 aliphatic carbocycles. The maximum absolute atomic E-state index is 5.09. The zero-order valence-corrected chi connectivity index (χ0v) is 40.7. The molecule has 0 radical (unpaired) electrons. The lowest BCUT2D eigenvalue weighted by molar-refractivity contribution is 1.32. The zero-order chi connectivity index (χ0) is 47.4. The third-order valence-corrected chi connectivity index (χ3v) is 13.2. The van der Waals surface area contributed by atoms with Crippen LogP contribution in [0.2, 0.25) is 0 Å². The number of anilines is 6. The van der Waals surface area contributed by atoms with Gasteiger partial charge >= 0.3 is 0 Å². The average molecular weight is 933 g/mol. The molecule has 9 aromatic rings. The van der Waals surface area contributed by atoms with E-state index in [9.17, 15) is 0 Å². The van der Waals surface area contributed by atoms with Crippen LogP contribution in [0.3, 0.4) is 0 Å². The minimum atomic E-state index is 0.839. The summed E-state index contributed by atoms with van der Waals surface area (Å²) in [6.45, 7) is 8.37. The largest absolute Gasteiger partial charge is 0.354 e. The Morgan fingerprint density at radius 3 is 0.942 bits per heavy atom. The summed E-state index contributed by atoms with van der Waals surface area (Å²) in [5.74, 6) is 0. The van der Waals surface area contributed by atoms with E-state index in [1.54, 1.807) is 23.5 Å². The van der Waals surface area contributed by atoms with Crippen LogP contribution in [0.15, 0.2) is 259 Å². The Morgan fingerprint density at radius 1 is 0.261 bits per heavy atom. The first-order valence-corrected chi connectivity index (χ1v) is 24.5. The van der Waals surface area contributed by atoms with Crippen molar-refractivity contribution in [3.05, 3.63) is 263 Å². The summed E-state index contributed by atoms with van der Waals surface area (Å²) in [7, 11) is 0. The predicted molar refractivity (Wildman–Crippen MR) is 291 cm³/mol. The van der Waals surface area contributed by atoms with Gasteiger partial charge in [-0.25, -0.2) is 15.0 Å². The summed E-state index contributed by atoms with van der Waals surface area (Å²) < 4.78 is 0.